The molecule has 1 aromatic carbocycles. The number of carbonyl (C=O) groups is 2. The summed E-state index contributed by atoms with van der Waals surface area (Å²) < 4.78 is 4.80. The molecule has 0 spiro atoms. The van der Waals surface area contributed by atoms with Gasteiger partial charge in [0.1, 0.15) is 4.88 Å². The number of benzene rings is 1. The Morgan fingerprint density at radius 3 is 2.84 bits per heavy atom. The van der Waals surface area contributed by atoms with E-state index >= 15 is 0 Å². The standard InChI is InChI=1S/C19H18N2O3S/c1-24-19(23)15-8-5-11-21(13-15)18(22)16-12-20-17(25-16)10-9-14-6-3-2-4-7-14/h2-4,6-7,12,15H,5,8,11,13H2,1H3. The lowest BCUT2D eigenvalue weighted by Crippen LogP contribution is -2.42. The molecule has 3 rings (SSSR count). The Kier molecular flexibility index (Phi) is 5.46. The van der Waals surface area contributed by atoms with Crippen LogP contribution in [-0.4, -0.2) is 42.0 Å². The maximum absolute atomic E-state index is 12.6. The van der Waals surface area contributed by atoms with E-state index in [9.17, 15) is 9.59 Å². The van der Waals surface area contributed by atoms with E-state index in [0.29, 0.717) is 23.0 Å². The van der Waals surface area contributed by atoms with Gasteiger partial charge < -0.3 is 9.64 Å². The topological polar surface area (TPSA) is 59.5 Å². The van der Waals surface area contributed by atoms with Crippen LogP contribution < -0.4 is 0 Å². The highest BCUT2D eigenvalue weighted by atomic mass is 32.1. The number of hydrogen-bond donors (Lipinski definition) is 0. The van der Waals surface area contributed by atoms with E-state index in [1.54, 1.807) is 11.1 Å². The second kappa shape index (κ2) is 7.95. The number of nitrogens with zero attached hydrogens (tertiary/aromatic N) is 2. The van der Waals surface area contributed by atoms with Crippen LogP contribution in [0.1, 0.15) is 33.1 Å². The fraction of sp³-hybridized carbons (Fsp3) is 0.316. The molecule has 0 saturated carbocycles. The van der Waals surface area contributed by atoms with Gasteiger partial charge in [-0.05, 0) is 30.9 Å². The van der Waals surface area contributed by atoms with Gasteiger partial charge in [0.25, 0.3) is 5.91 Å². The van der Waals surface area contributed by atoms with Crippen LogP contribution in [0, 0.1) is 17.8 Å². The van der Waals surface area contributed by atoms with Crippen LogP contribution >= 0.6 is 11.3 Å². The lowest BCUT2D eigenvalue weighted by Gasteiger charge is -2.30. The zero-order chi connectivity index (χ0) is 17.6. The molecule has 6 heteroatoms. The number of amides is 1. The molecule has 1 aliphatic heterocycles. The van der Waals surface area contributed by atoms with Gasteiger partial charge in [0.05, 0.1) is 19.2 Å². The Labute approximate surface area is 150 Å². The molecular weight excluding hydrogens is 336 g/mol. The van der Waals surface area contributed by atoms with Gasteiger partial charge in [0.15, 0.2) is 5.01 Å². The molecular formula is C19H18N2O3S. The number of piperidine rings is 1. The molecule has 0 N–H and O–H groups in total. The van der Waals surface area contributed by atoms with E-state index in [-0.39, 0.29) is 17.8 Å². The summed E-state index contributed by atoms with van der Waals surface area (Å²) in [6.07, 6.45) is 3.11. The second-order valence-corrected chi connectivity index (χ2v) is 6.79. The monoisotopic (exact) mass is 354 g/mol. The number of carbonyl (C=O) groups excluding carboxylic acids is 2. The molecule has 2 heterocycles. The molecule has 25 heavy (non-hydrogen) atoms. The highest BCUT2D eigenvalue weighted by molar-refractivity contribution is 7.14. The quantitative estimate of drug-likeness (QED) is 0.614. The van der Waals surface area contributed by atoms with Gasteiger partial charge in [-0.3, -0.25) is 9.59 Å². The number of rotatable bonds is 2. The molecule has 1 atom stereocenters. The van der Waals surface area contributed by atoms with Crippen molar-refractivity contribution < 1.29 is 14.3 Å². The molecule has 1 amide bonds. The molecule has 1 unspecified atom stereocenters. The smallest absolute Gasteiger partial charge is 0.310 e. The van der Waals surface area contributed by atoms with Crippen molar-refractivity contribution in [1.82, 2.24) is 9.88 Å². The van der Waals surface area contributed by atoms with Crippen LogP contribution in [0.25, 0.3) is 0 Å². The van der Waals surface area contributed by atoms with Crippen molar-refractivity contribution in [3.05, 3.63) is 52.0 Å². The van der Waals surface area contributed by atoms with Gasteiger partial charge in [0, 0.05) is 18.7 Å². The van der Waals surface area contributed by atoms with Crippen molar-refractivity contribution in [2.24, 2.45) is 5.92 Å². The van der Waals surface area contributed by atoms with E-state index in [2.05, 4.69) is 16.8 Å². The van der Waals surface area contributed by atoms with Gasteiger partial charge in [0.2, 0.25) is 0 Å². The number of methoxy groups -OCH3 is 1. The minimum absolute atomic E-state index is 0.0983. The third kappa shape index (κ3) is 4.25. The molecule has 5 nitrogen and oxygen atoms in total. The summed E-state index contributed by atoms with van der Waals surface area (Å²) in [5.41, 5.74) is 0.905. The van der Waals surface area contributed by atoms with Gasteiger partial charge in [-0.2, -0.15) is 0 Å². The Balaban J connectivity index is 1.68. The maximum Gasteiger partial charge on any atom is 0.310 e. The van der Waals surface area contributed by atoms with Gasteiger partial charge in [-0.15, -0.1) is 11.3 Å². The third-order valence-corrected chi connectivity index (χ3v) is 4.95. The van der Waals surface area contributed by atoms with Crippen molar-refractivity contribution in [3.8, 4) is 11.8 Å². The Hall–Kier alpha value is -2.65. The molecule has 128 valence electrons. The highest BCUT2D eigenvalue weighted by Crippen LogP contribution is 2.22. The van der Waals surface area contributed by atoms with Crippen LogP contribution in [0.2, 0.25) is 0 Å². The minimum atomic E-state index is -0.253. The number of ether oxygens (including phenoxy) is 1. The minimum Gasteiger partial charge on any atom is -0.469 e. The SMILES string of the molecule is COC(=O)C1CCCN(C(=O)c2cnc(C#Cc3ccccc3)s2)C1. The highest BCUT2D eigenvalue weighted by Gasteiger charge is 2.30. The largest absolute Gasteiger partial charge is 0.469 e. The molecule has 1 saturated heterocycles. The van der Waals surface area contributed by atoms with Gasteiger partial charge in [-0.1, -0.05) is 24.1 Å². The van der Waals surface area contributed by atoms with Crippen molar-refractivity contribution >= 4 is 23.2 Å². The molecule has 0 bridgehead atoms. The summed E-state index contributed by atoms with van der Waals surface area (Å²) in [4.78, 5) is 30.8. The van der Waals surface area contributed by atoms with Crippen LogP contribution in [0.4, 0.5) is 0 Å². The fourth-order valence-corrected chi connectivity index (χ4v) is 3.49. The van der Waals surface area contributed by atoms with E-state index in [1.165, 1.54) is 18.4 Å². The van der Waals surface area contributed by atoms with Crippen LogP contribution in [-0.2, 0) is 9.53 Å². The first-order chi connectivity index (χ1) is 12.2. The first-order valence-electron chi connectivity index (χ1n) is 8.07. The summed E-state index contributed by atoms with van der Waals surface area (Å²) in [7, 11) is 1.38. The maximum atomic E-state index is 12.6. The second-order valence-electron chi connectivity index (χ2n) is 5.76. The first-order valence-corrected chi connectivity index (χ1v) is 8.89. The number of esters is 1. The van der Waals surface area contributed by atoms with Gasteiger partial charge >= 0.3 is 5.97 Å². The van der Waals surface area contributed by atoms with E-state index < -0.39 is 0 Å². The summed E-state index contributed by atoms with van der Waals surface area (Å²) >= 11 is 1.28. The van der Waals surface area contributed by atoms with Crippen LogP contribution in [0.5, 0.6) is 0 Å². The molecule has 0 radical (unpaired) electrons. The average molecular weight is 354 g/mol. The molecule has 0 aliphatic carbocycles. The summed E-state index contributed by atoms with van der Waals surface area (Å²) in [6, 6.07) is 9.63. The Morgan fingerprint density at radius 1 is 1.28 bits per heavy atom. The Bertz CT molecular complexity index is 820. The number of hydrogen-bond acceptors (Lipinski definition) is 5. The normalized spacial score (nSPS) is 16.7. The lowest BCUT2D eigenvalue weighted by atomic mass is 9.98. The van der Waals surface area contributed by atoms with Crippen LogP contribution in [0.3, 0.4) is 0 Å². The van der Waals surface area contributed by atoms with Crippen molar-refractivity contribution in [2.45, 2.75) is 12.8 Å². The average Bonchev–Trinajstić information content (AvgIpc) is 3.15. The first kappa shape index (κ1) is 17.2. The zero-order valence-electron chi connectivity index (χ0n) is 13.9. The fourth-order valence-electron chi connectivity index (χ4n) is 2.75. The van der Waals surface area contributed by atoms with Crippen molar-refractivity contribution in [2.75, 3.05) is 20.2 Å². The predicted octanol–water partition coefficient (Wildman–Crippen LogP) is 2.57. The summed E-state index contributed by atoms with van der Waals surface area (Å²) in [6.45, 7) is 1.05. The molecule has 2 aromatic rings. The zero-order valence-corrected chi connectivity index (χ0v) is 14.7. The summed E-state index contributed by atoms with van der Waals surface area (Å²) in [5.74, 6) is 5.43. The van der Waals surface area contributed by atoms with E-state index in [1.807, 2.05) is 30.3 Å². The molecule has 1 aromatic heterocycles. The predicted molar refractivity (Wildman–Crippen MR) is 95.2 cm³/mol. The van der Waals surface area contributed by atoms with Gasteiger partial charge in [-0.25, -0.2) is 4.98 Å². The number of thiazole rings is 1. The Morgan fingerprint density at radius 2 is 2.08 bits per heavy atom. The lowest BCUT2D eigenvalue weighted by molar-refractivity contribution is -0.146. The van der Waals surface area contributed by atoms with Crippen LogP contribution in [0.15, 0.2) is 36.5 Å². The van der Waals surface area contributed by atoms with Crippen molar-refractivity contribution in [1.29, 1.82) is 0 Å². The summed E-state index contributed by atoms with van der Waals surface area (Å²) in [5, 5.41) is 0.605. The van der Waals surface area contributed by atoms with Crippen molar-refractivity contribution in [3.63, 3.8) is 0 Å². The third-order valence-electron chi connectivity index (χ3n) is 4.05. The molecule has 1 fully saturated rings. The molecule has 1 aliphatic rings. The van der Waals surface area contributed by atoms with E-state index in [4.69, 9.17) is 4.74 Å². The van der Waals surface area contributed by atoms with E-state index in [0.717, 1.165) is 18.4 Å². The number of aromatic nitrogens is 1. The number of likely N-dealkylation sites (tertiary alicyclic amines) is 1.